The average molecular weight is 671 g/mol. The first kappa shape index (κ1) is 34.5. The quantitative estimate of drug-likeness (QED) is 0.0558. The highest BCUT2D eigenvalue weighted by Gasteiger charge is 2.48. The molecule has 254 valence electrons. The molecule has 0 radical (unpaired) electrons. The van der Waals surface area contributed by atoms with E-state index in [1.807, 2.05) is 0 Å². The summed E-state index contributed by atoms with van der Waals surface area (Å²) in [4.78, 5) is 67.7. The highest BCUT2D eigenvalue weighted by molar-refractivity contribution is 6.22. The van der Waals surface area contributed by atoms with Gasteiger partial charge in [-0.2, -0.15) is 0 Å². The zero-order valence-electron chi connectivity index (χ0n) is 25.0. The first-order valence-electron chi connectivity index (χ1n) is 14.4. The van der Waals surface area contributed by atoms with E-state index >= 15 is 0 Å². The van der Waals surface area contributed by atoms with E-state index in [-0.39, 0.29) is 33.6 Å². The van der Waals surface area contributed by atoms with Gasteiger partial charge in [0.1, 0.15) is 30.5 Å². The Kier molecular flexibility index (Phi) is 10.5. The van der Waals surface area contributed by atoms with Gasteiger partial charge in [0, 0.05) is 13.1 Å². The molecule has 2 aromatic rings. The van der Waals surface area contributed by atoms with Crippen LogP contribution in [0.25, 0.3) is 0 Å². The van der Waals surface area contributed by atoms with E-state index in [2.05, 4.69) is 20.6 Å². The molecular weight excluding hydrogens is 640 g/mol. The Balaban J connectivity index is 1.39. The van der Waals surface area contributed by atoms with Crippen molar-refractivity contribution in [1.29, 1.82) is 0 Å². The number of aliphatic hydroxyl groups is 5. The molecule has 0 spiro atoms. The number of rotatable bonds is 12. The molecule has 4 amide bonds. The Labute approximate surface area is 270 Å². The van der Waals surface area contributed by atoms with Crippen molar-refractivity contribution in [1.82, 2.24) is 10.6 Å². The molecule has 0 bridgehead atoms. The van der Waals surface area contributed by atoms with Crippen molar-refractivity contribution < 1.29 is 68.5 Å². The van der Waals surface area contributed by atoms with Crippen molar-refractivity contribution in [3.05, 3.63) is 58.7 Å². The molecule has 8 atom stereocenters. The zero-order chi connectivity index (χ0) is 34.7. The fraction of sp³-hybridized carbons (Fsp3) is 0.367. The fourth-order valence-corrected chi connectivity index (χ4v) is 5.09. The van der Waals surface area contributed by atoms with Crippen molar-refractivity contribution in [3.63, 3.8) is 0 Å². The summed E-state index contributed by atoms with van der Waals surface area (Å²) in [5.41, 5.74) is 0.754. The van der Waals surface area contributed by atoms with Gasteiger partial charge < -0.3 is 44.5 Å². The van der Waals surface area contributed by atoms with E-state index < -0.39 is 92.0 Å². The highest BCUT2D eigenvalue weighted by Crippen LogP contribution is 2.28. The second kappa shape index (κ2) is 14.5. The van der Waals surface area contributed by atoms with Crippen LogP contribution in [0.15, 0.2) is 46.4 Å². The molecule has 5 rings (SSSR count). The van der Waals surface area contributed by atoms with Gasteiger partial charge >= 0.3 is 5.97 Å². The molecule has 3 aliphatic heterocycles. The summed E-state index contributed by atoms with van der Waals surface area (Å²) >= 11 is 0. The van der Waals surface area contributed by atoms with E-state index in [4.69, 9.17) is 18.9 Å². The summed E-state index contributed by atoms with van der Waals surface area (Å²) in [5, 5.41) is 56.2. The van der Waals surface area contributed by atoms with E-state index in [1.165, 1.54) is 36.4 Å². The third-order valence-corrected chi connectivity index (χ3v) is 7.44. The van der Waals surface area contributed by atoms with Crippen LogP contribution in [0.5, 0.6) is 0 Å². The van der Waals surface area contributed by atoms with Crippen LogP contribution < -0.4 is 10.6 Å². The topological polar surface area (TPSA) is 272 Å². The summed E-state index contributed by atoms with van der Waals surface area (Å²) in [6, 6.07) is 8.19. The maximum Gasteiger partial charge on any atom is 0.303 e. The van der Waals surface area contributed by atoms with Gasteiger partial charge in [0.25, 0.3) is 23.6 Å². The summed E-state index contributed by atoms with van der Waals surface area (Å²) in [5.74, 6) is -3.26. The van der Waals surface area contributed by atoms with E-state index in [9.17, 15) is 49.5 Å². The summed E-state index contributed by atoms with van der Waals surface area (Å²) in [6.07, 6.45) is -11.0. The number of benzene rings is 2. The second-order valence-electron chi connectivity index (χ2n) is 10.7. The number of nitrogens with zero attached hydrogens (tertiary/aromatic N) is 2. The number of nitrogens with one attached hydrogen (secondary N) is 2. The van der Waals surface area contributed by atoms with Gasteiger partial charge in [-0.3, -0.25) is 44.6 Å². The number of ether oxygens (including phenoxy) is 4. The van der Waals surface area contributed by atoms with Gasteiger partial charge in [-0.25, -0.2) is 0 Å². The molecule has 2 aromatic carbocycles. The van der Waals surface area contributed by atoms with Crippen LogP contribution in [0.2, 0.25) is 0 Å². The maximum absolute atomic E-state index is 12.1. The Bertz CT molecular complexity index is 1680. The van der Waals surface area contributed by atoms with Crippen LogP contribution in [0, 0.1) is 0 Å². The Morgan fingerprint density at radius 1 is 0.875 bits per heavy atom. The Morgan fingerprint density at radius 2 is 1.42 bits per heavy atom. The zero-order valence-corrected chi connectivity index (χ0v) is 25.0. The second-order valence-corrected chi connectivity index (χ2v) is 10.7. The molecule has 48 heavy (non-hydrogen) atoms. The number of imide groups is 2. The smallest absolute Gasteiger partial charge is 0.303 e. The lowest BCUT2D eigenvalue weighted by atomic mass is 9.99. The molecule has 1 fully saturated rings. The number of amides is 4. The maximum atomic E-state index is 12.1. The lowest BCUT2D eigenvalue weighted by molar-refractivity contribution is -0.315. The van der Waals surface area contributed by atoms with E-state index in [0.717, 1.165) is 19.4 Å². The van der Waals surface area contributed by atoms with Crippen LogP contribution in [-0.2, 0) is 23.7 Å². The third-order valence-electron chi connectivity index (χ3n) is 7.44. The molecule has 0 aromatic heterocycles. The molecule has 0 aliphatic carbocycles. The minimum Gasteiger partial charge on any atom is -0.457 e. The first-order chi connectivity index (χ1) is 22.9. The normalized spacial score (nSPS) is 25.5. The number of carbonyl (C=O) groups excluding carboxylic acids is 5. The first-order valence-corrected chi connectivity index (χ1v) is 14.4. The molecule has 0 unspecified atom stereocenters. The minimum atomic E-state index is -1.83. The van der Waals surface area contributed by atoms with Crippen LogP contribution in [0.4, 0.5) is 11.4 Å². The Morgan fingerprint density at radius 3 is 1.94 bits per heavy atom. The lowest BCUT2D eigenvalue weighted by Gasteiger charge is -2.42. The van der Waals surface area contributed by atoms with Gasteiger partial charge in [-0.15, -0.1) is 0 Å². The van der Waals surface area contributed by atoms with Crippen LogP contribution in [-0.4, -0.2) is 130 Å². The standard InChI is InChI=1S/C30H30N4O14/c1-12(37)45-25-23(39)21(11-36)48-30(24(25)40)47-19(8-31-13-2-4-15-17(6-13)28(43)33-26(15)41)20(10-35)46-22(38)9-32-14-3-5-16-18(7-14)29(44)34-27(16)42/h2-9,19-25,30,35-36,38-40H,10-11H2,1H3,(H,33,41,43)(H,34,42,44)/t19-,20+,21+,22-,23+,24+,25-,30+/m1/s1. The third kappa shape index (κ3) is 7.35. The van der Waals surface area contributed by atoms with Gasteiger partial charge in [0.15, 0.2) is 18.7 Å². The summed E-state index contributed by atoms with van der Waals surface area (Å²) < 4.78 is 21.9. The minimum absolute atomic E-state index is 0.0529. The van der Waals surface area contributed by atoms with Crippen molar-refractivity contribution in [2.45, 2.75) is 56.1 Å². The number of aliphatic hydroxyl groups excluding tert-OH is 5. The molecule has 3 heterocycles. The van der Waals surface area contributed by atoms with Crippen molar-refractivity contribution in [3.8, 4) is 0 Å². The van der Waals surface area contributed by atoms with Crippen molar-refractivity contribution in [2.24, 2.45) is 9.98 Å². The molecule has 1 saturated heterocycles. The number of aliphatic imine (C=N–C) groups is 2. The SMILES string of the molecule is CC(=O)O[C@H]1[C@H](O)[C@@H](O[C@H](C=Nc2ccc3c(c2)C(=O)NC3=O)[C@H](CO)O[C@@H](O)C=Nc2ccc3c(c2)C(=O)NC3=O)O[C@@H](CO)[C@@H]1O. The molecular formula is C30H30N4O14. The molecule has 7 N–H and O–H groups in total. The molecule has 18 heteroatoms. The summed E-state index contributed by atoms with van der Waals surface area (Å²) in [6.45, 7) is -0.575. The van der Waals surface area contributed by atoms with Crippen molar-refractivity contribution in [2.75, 3.05) is 13.2 Å². The van der Waals surface area contributed by atoms with Gasteiger partial charge in [-0.05, 0) is 36.4 Å². The molecule has 3 aliphatic rings. The van der Waals surface area contributed by atoms with Gasteiger partial charge in [-0.1, -0.05) is 0 Å². The van der Waals surface area contributed by atoms with Crippen LogP contribution in [0.1, 0.15) is 48.4 Å². The molecule has 18 nitrogen and oxygen atoms in total. The molecule has 0 saturated carbocycles. The predicted molar refractivity (Wildman–Crippen MR) is 159 cm³/mol. The number of esters is 1. The van der Waals surface area contributed by atoms with Gasteiger partial charge in [0.2, 0.25) is 0 Å². The number of carbonyl (C=O) groups is 5. The fourth-order valence-electron chi connectivity index (χ4n) is 5.09. The van der Waals surface area contributed by atoms with Crippen LogP contribution in [0.3, 0.4) is 0 Å². The largest absolute Gasteiger partial charge is 0.457 e. The van der Waals surface area contributed by atoms with E-state index in [1.54, 1.807) is 0 Å². The number of hydrogen-bond donors (Lipinski definition) is 7. The predicted octanol–water partition coefficient (Wildman–Crippen LogP) is -1.99. The summed E-state index contributed by atoms with van der Waals surface area (Å²) in [7, 11) is 0. The lowest BCUT2D eigenvalue weighted by Crippen LogP contribution is -2.61. The number of fused-ring (bicyclic) bond motifs is 2. The average Bonchev–Trinajstić information content (AvgIpc) is 3.51. The van der Waals surface area contributed by atoms with Gasteiger partial charge in [0.05, 0.1) is 53.1 Å². The monoisotopic (exact) mass is 670 g/mol. The van der Waals surface area contributed by atoms with Crippen LogP contribution >= 0.6 is 0 Å². The van der Waals surface area contributed by atoms with Crippen molar-refractivity contribution >= 4 is 53.4 Å². The Hall–Kier alpha value is -4.79. The van der Waals surface area contributed by atoms with E-state index in [0.29, 0.717) is 0 Å². The number of hydrogen-bond acceptors (Lipinski definition) is 16. The highest BCUT2D eigenvalue weighted by atomic mass is 16.7.